The van der Waals surface area contributed by atoms with E-state index in [0.717, 1.165) is 18.4 Å². The van der Waals surface area contributed by atoms with Crippen LogP contribution >= 0.6 is 0 Å². The van der Waals surface area contributed by atoms with E-state index >= 15 is 0 Å². The summed E-state index contributed by atoms with van der Waals surface area (Å²) >= 11 is 0. The molecule has 0 unspecified atom stereocenters. The molecule has 4 heteroatoms. The Morgan fingerprint density at radius 1 is 0.968 bits per heavy atom. The van der Waals surface area contributed by atoms with Crippen LogP contribution in [0.25, 0.3) is 6.08 Å². The van der Waals surface area contributed by atoms with Crippen molar-refractivity contribution in [2.24, 2.45) is 0 Å². The van der Waals surface area contributed by atoms with Crippen LogP contribution in [-0.2, 0) is 15.6 Å². The van der Waals surface area contributed by atoms with E-state index in [9.17, 15) is 9.59 Å². The Bertz CT molecular complexity index is 1010. The molecule has 31 heavy (non-hydrogen) atoms. The van der Waals surface area contributed by atoms with Gasteiger partial charge in [0, 0.05) is 0 Å². The molecule has 0 amide bonds. The minimum absolute atomic E-state index is 0.0127. The topological polar surface area (TPSA) is 52.6 Å². The number of allylic oxidation sites excluding steroid dienone is 1. The number of hydrogen-bond donors (Lipinski definition) is 0. The molecular formula is C27H32O4. The zero-order chi connectivity index (χ0) is 22.8. The van der Waals surface area contributed by atoms with Crippen molar-refractivity contribution >= 4 is 17.8 Å². The number of methoxy groups -OCH3 is 1. The van der Waals surface area contributed by atoms with Crippen LogP contribution in [0.15, 0.2) is 42.5 Å². The summed E-state index contributed by atoms with van der Waals surface area (Å²) in [5, 5.41) is 0. The monoisotopic (exact) mass is 420 g/mol. The lowest BCUT2D eigenvalue weighted by Gasteiger charge is -2.42. The molecule has 2 aromatic carbocycles. The highest BCUT2D eigenvalue weighted by Crippen LogP contribution is 2.47. The van der Waals surface area contributed by atoms with Crippen LogP contribution in [0.4, 0.5) is 0 Å². The average molecular weight is 421 g/mol. The van der Waals surface area contributed by atoms with Gasteiger partial charge in [0.15, 0.2) is 5.78 Å². The number of rotatable bonds is 6. The average Bonchev–Trinajstić information content (AvgIpc) is 2.75. The summed E-state index contributed by atoms with van der Waals surface area (Å²) in [4.78, 5) is 24.9. The van der Waals surface area contributed by atoms with Gasteiger partial charge < -0.3 is 9.47 Å². The molecule has 2 aromatic rings. The van der Waals surface area contributed by atoms with Crippen molar-refractivity contribution in [2.45, 2.75) is 58.3 Å². The highest BCUT2D eigenvalue weighted by molar-refractivity contribution is 6.09. The van der Waals surface area contributed by atoms with Gasteiger partial charge in [-0.15, -0.1) is 0 Å². The van der Waals surface area contributed by atoms with Gasteiger partial charge in [0.1, 0.15) is 5.75 Å². The standard InChI is InChI=1S/C27H32O4/c1-7-31-25(29)19-11-8-18(9-12-19)10-13-23(28)20-16-21-22(17-24(20)30-6)27(4,5)15-14-26(21,2)3/h8-13,16-17H,7,14-15H2,1-6H3. The zero-order valence-electron chi connectivity index (χ0n) is 19.4. The van der Waals surface area contributed by atoms with Gasteiger partial charge in [-0.25, -0.2) is 4.79 Å². The highest BCUT2D eigenvalue weighted by Gasteiger charge is 2.38. The first-order chi connectivity index (χ1) is 14.6. The molecule has 0 saturated carbocycles. The lowest BCUT2D eigenvalue weighted by Crippen LogP contribution is -2.34. The zero-order valence-corrected chi connectivity index (χ0v) is 19.4. The minimum atomic E-state index is -0.349. The molecule has 0 aromatic heterocycles. The molecule has 4 nitrogen and oxygen atoms in total. The molecule has 0 bridgehead atoms. The van der Waals surface area contributed by atoms with Crippen molar-refractivity contribution in [1.82, 2.24) is 0 Å². The summed E-state index contributed by atoms with van der Waals surface area (Å²) in [6, 6.07) is 11.1. The Morgan fingerprint density at radius 2 is 1.55 bits per heavy atom. The maximum absolute atomic E-state index is 13.1. The van der Waals surface area contributed by atoms with Crippen LogP contribution in [0.1, 0.15) is 84.9 Å². The lowest BCUT2D eigenvalue weighted by molar-refractivity contribution is 0.0526. The number of hydrogen-bond acceptors (Lipinski definition) is 4. The Hall–Kier alpha value is -2.88. The minimum Gasteiger partial charge on any atom is -0.496 e. The number of ether oxygens (including phenoxy) is 2. The van der Waals surface area contributed by atoms with E-state index in [1.54, 1.807) is 50.5 Å². The highest BCUT2D eigenvalue weighted by atomic mass is 16.5. The van der Waals surface area contributed by atoms with Crippen molar-refractivity contribution in [3.8, 4) is 5.75 Å². The normalized spacial score (nSPS) is 16.6. The second kappa shape index (κ2) is 8.70. The molecule has 1 aliphatic rings. The fourth-order valence-electron chi connectivity index (χ4n) is 4.16. The second-order valence-corrected chi connectivity index (χ2v) is 9.41. The fraction of sp³-hybridized carbons (Fsp3) is 0.407. The molecule has 0 radical (unpaired) electrons. The summed E-state index contributed by atoms with van der Waals surface area (Å²) in [6.45, 7) is 11.1. The van der Waals surface area contributed by atoms with Gasteiger partial charge in [-0.2, -0.15) is 0 Å². The van der Waals surface area contributed by atoms with Crippen LogP contribution in [0.2, 0.25) is 0 Å². The third kappa shape index (κ3) is 4.73. The predicted molar refractivity (Wildman–Crippen MR) is 124 cm³/mol. The van der Waals surface area contributed by atoms with Gasteiger partial charge in [-0.3, -0.25) is 4.79 Å². The summed E-state index contributed by atoms with van der Waals surface area (Å²) in [5.41, 5.74) is 4.45. The molecule has 3 rings (SSSR count). The van der Waals surface area contributed by atoms with Crippen molar-refractivity contribution in [2.75, 3.05) is 13.7 Å². The fourth-order valence-corrected chi connectivity index (χ4v) is 4.16. The molecule has 0 N–H and O–H groups in total. The third-order valence-corrected chi connectivity index (χ3v) is 6.29. The van der Waals surface area contributed by atoms with Crippen molar-refractivity contribution in [3.63, 3.8) is 0 Å². The van der Waals surface area contributed by atoms with E-state index < -0.39 is 0 Å². The quantitative estimate of drug-likeness (QED) is 0.321. The summed E-state index contributed by atoms with van der Waals surface area (Å²) < 4.78 is 10.6. The summed E-state index contributed by atoms with van der Waals surface area (Å²) in [5.74, 6) is 0.156. The van der Waals surface area contributed by atoms with E-state index in [4.69, 9.17) is 9.47 Å². The van der Waals surface area contributed by atoms with Gasteiger partial charge in [-0.1, -0.05) is 45.9 Å². The lowest BCUT2D eigenvalue weighted by atomic mass is 9.63. The first-order valence-electron chi connectivity index (χ1n) is 10.8. The Kier molecular flexibility index (Phi) is 6.40. The number of benzene rings is 2. The maximum Gasteiger partial charge on any atom is 0.338 e. The Balaban J connectivity index is 1.90. The number of ketones is 1. The first kappa shape index (κ1) is 22.8. The Labute approximate surface area is 185 Å². The van der Waals surface area contributed by atoms with Crippen LogP contribution in [0.5, 0.6) is 5.75 Å². The molecule has 0 heterocycles. The van der Waals surface area contributed by atoms with Crippen molar-refractivity contribution in [3.05, 3.63) is 70.3 Å². The van der Waals surface area contributed by atoms with Gasteiger partial charge >= 0.3 is 5.97 Å². The van der Waals surface area contributed by atoms with Gasteiger partial charge in [0.25, 0.3) is 0 Å². The van der Waals surface area contributed by atoms with Gasteiger partial charge in [-0.05, 0) is 77.6 Å². The third-order valence-electron chi connectivity index (χ3n) is 6.29. The van der Waals surface area contributed by atoms with Gasteiger partial charge in [0.2, 0.25) is 0 Å². The molecule has 0 spiro atoms. The largest absolute Gasteiger partial charge is 0.496 e. The van der Waals surface area contributed by atoms with Crippen molar-refractivity contribution < 1.29 is 19.1 Å². The molecular weight excluding hydrogens is 388 g/mol. The van der Waals surface area contributed by atoms with E-state index in [-0.39, 0.29) is 22.6 Å². The second-order valence-electron chi connectivity index (χ2n) is 9.41. The van der Waals surface area contributed by atoms with Crippen LogP contribution in [0, 0.1) is 0 Å². The number of esters is 1. The van der Waals surface area contributed by atoms with E-state index in [1.807, 2.05) is 12.1 Å². The molecule has 0 fully saturated rings. The number of fused-ring (bicyclic) bond motifs is 1. The SMILES string of the molecule is CCOC(=O)c1ccc(C=CC(=O)c2cc3c(cc2OC)C(C)(C)CCC3(C)C)cc1. The van der Waals surface area contributed by atoms with Crippen LogP contribution in [-0.4, -0.2) is 25.5 Å². The summed E-state index contributed by atoms with van der Waals surface area (Å²) in [6.07, 6.45) is 5.50. The van der Waals surface area contributed by atoms with Crippen LogP contribution in [0.3, 0.4) is 0 Å². The predicted octanol–water partition coefficient (Wildman–Crippen LogP) is 6.12. The first-order valence-corrected chi connectivity index (χ1v) is 10.8. The van der Waals surface area contributed by atoms with E-state index in [2.05, 4.69) is 27.7 Å². The maximum atomic E-state index is 13.1. The molecule has 164 valence electrons. The molecule has 0 aliphatic heterocycles. The molecule has 0 atom stereocenters. The van der Waals surface area contributed by atoms with Crippen LogP contribution < -0.4 is 4.74 Å². The number of carbonyl (C=O) groups is 2. The summed E-state index contributed by atoms with van der Waals surface area (Å²) in [7, 11) is 1.61. The van der Waals surface area contributed by atoms with Gasteiger partial charge in [0.05, 0.1) is 24.8 Å². The smallest absolute Gasteiger partial charge is 0.338 e. The molecule has 1 aliphatic carbocycles. The molecule has 0 saturated heterocycles. The van der Waals surface area contributed by atoms with E-state index in [0.29, 0.717) is 23.5 Å². The Morgan fingerprint density at radius 3 is 2.10 bits per heavy atom. The van der Waals surface area contributed by atoms with Crippen molar-refractivity contribution in [1.29, 1.82) is 0 Å². The number of carbonyl (C=O) groups excluding carboxylic acids is 2. The van der Waals surface area contributed by atoms with E-state index in [1.165, 1.54) is 11.1 Å².